The van der Waals surface area contributed by atoms with Crippen LogP contribution in [0, 0.1) is 0 Å². The van der Waals surface area contributed by atoms with E-state index in [-0.39, 0.29) is 18.4 Å². The van der Waals surface area contributed by atoms with E-state index in [0.29, 0.717) is 6.42 Å². The first-order valence-electron chi connectivity index (χ1n) is 7.69. The number of Topliss-reactive ketones (excluding diaryl/α,β-unsaturated/α-hetero) is 1. The summed E-state index contributed by atoms with van der Waals surface area (Å²) in [5.41, 5.74) is 0.252. The highest BCUT2D eigenvalue weighted by atomic mass is 16.3. The van der Waals surface area contributed by atoms with Gasteiger partial charge in [0.2, 0.25) is 0 Å². The summed E-state index contributed by atoms with van der Waals surface area (Å²) >= 11 is 0. The summed E-state index contributed by atoms with van der Waals surface area (Å²) in [6, 6.07) is 9.75. The molecular weight excluding hydrogens is 266 g/mol. The van der Waals surface area contributed by atoms with E-state index in [4.69, 9.17) is 0 Å². The third-order valence-electron chi connectivity index (χ3n) is 5.39. The molecule has 2 N–H and O–H groups in total. The van der Waals surface area contributed by atoms with Gasteiger partial charge in [-0.1, -0.05) is 30.3 Å². The van der Waals surface area contributed by atoms with Crippen molar-refractivity contribution in [2.24, 2.45) is 0 Å². The molecule has 4 nitrogen and oxygen atoms in total. The first kappa shape index (κ1) is 14.7. The maximum Gasteiger partial charge on any atom is 0.162 e. The molecule has 114 valence electrons. The number of carbonyl (C=O) groups is 1. The zero-order valence-electron chi connectivity index (χ0n) is 12.4. The molecule has 0 aromatic heterocycles. The molecule has 2 heterocycles. The SMILES string of the molecule is CN1[C@H]2CC[C@]1(C(=O)C(CO)c1ccccc1)C[C@@H](O)C2. The molecule has 2 aliphatic rings. The fraction of sp³-hybridized carbons (Fsp3) is 0.588. The molecule has 0 saturated carbocycles. The number of ketones is 1. The van der Waals surface area contributed by atoms with Crippen LogP contribution >= 0.6 is 0 Å². The Balaban J connectivity index is 1.93. The molecule has 0 spiro atoms. The topological polar surface area (TPSA) is 60.8 Å². The molecule has 0 aliphatic carbocycles. The highest BCUT2D eigenvalue weighted by molar-refractivity contribution is 5.95. The van der Waals surface area contributed by atoms with Gasteiger partial charge in [0.05, 0.1) is 24.2 Å². The molecule has 1 aromatic rings. The third kappa shape index (κ3) is 2.31. The van der Waals surface area contributed by atoms with E-state index < -0.39 is 17.6 Å². The van der Waals surface area contributed by atoms with Gasteiger partial charge in [-0.25, -0.2) is 0 Å². The molecule has 3 rings (SSSR count). The number of carbonyl (C=O) groups excluding carboxylic acids is 1. The maximum absolute atomic E-state index is 13.2. The van der Waals surface area contributed by atoms with Crippen LogP contribution in [0.3, 0.4) is 0 Å². The van der Waals surface area contributed by atoms with E-state index in [0.717, 1.165) is 24.8 Å². The summed E-state index contributed by atoms with van der Waals surface area (Å²) < 4.78 is 0. The largest absolute Gasteiger partial charge is 0.395 e. The molecule has 1 unspecified atom stereocenters. The number of likely N-dealkylation sites (N-methyl/N-ethyl adjacent to an activating group) is 1. The summed E-state index contributed by atoms with van der Waals surface area (Å²) in [6.07, 6.45) is 2.57. The second-order valence-electron chi connectivity index (χ2n) is 6.44. The van der Waals surface area contributed by atoms with E-state index in [1.807, 2.05) is 37.4 Å². The van der Waals surface area contributed by atoms with Crippen LogP contribution in [0.1, 0.15) is 37.2 Å². The van der Waals surface area contributed by atoms with Crippen molar-refractivity contribution in [3.63, 3.8) is 0 Å². The summed E-state index contributed by atoms with van der Waals surface area (Å²) in [6.45, 7) is -0.181. The van der Waals surface area contributed by atoms with Gasteiger partial charge in [-0.2, -0.15) is 0 Å². The number of piperidine rings is 1. The van der Waals surface area contributed by atoms with Gasteiger partial charge in [0, 0.05) is 6.04 Å². The summed E-state index contributed by atoms with van der Waals surface area (Å²) in [5, 5.41) is 19.9. The van der Waals surface area contributed by atoms with Gasteiger partial charge in [0.1, 0.15) is 0 Å². The Morgan fingerprint density at radius 1 is 1.43 bits per heavy atom. The van der Waals surface area contributed by atoms with Crippen molar-refractivity contribution in [2.45, 2.75) is 49.3 Å². The lowest BCUT2D eigenvalue weighted by Crippen LogP contribution is -2.58. The van der Waals surface area contributed by atoms with Crippen molar-refractivity contribution < 1.29 is 15.0 Å². The van der Waals surface area contributed by atoms with E-state index >= 15 is 0 Å². The van der Waals surface area contributed by atoms with Crippen molar-refractivity contribution in [3.05, 3.63) is 35.9 Å². The molecular formula is C17H23NO3. The van der Waals surface area contributed by atoms with Crippen LogP contribution in [0.25, 0.3) is 0 Å². The number of aliphatic hydroxyl groups is 2. The van der Waals surface area contributed by atoms with Crippen LogP contribution in [-0.4, -0.2) is 52.2 Å². The lowest BCUT2D eigenvalue weighted by Gasteiger charge is -2.44. The average molecular weight is 289 g/mol. The Kier molecular flexibility index (Phi) is 3.86. The average Bonchev–Trinajstić information content (AvgIpc) is 2.69. The second kappa shape index (κ2) is 5.52. The molecule has 4 atom stereocenters. The maximum atomic E-state index is 13.2. The lowest BCUT2D eigenvalue weighted by molar-refractivity contribution is -0.137. The van der Waals surface area contributed by atoms with E-state index in [1.165, 1.54) is 0 Å². The molecule has 4 heteroatoms. The Morgan fingerprint density at radius 3 is 2.81 bits per heavy atom. The highest BCUT2D eigenvalue weighted by Gasteiger charge is 2.55. The number of hydrogen-bond acceptors (Lipinski definition) is 4. The smallest absolute Gasteiger partial charge is 0.162 e. The van der Waals surface area contributed by atoms with E-state index in [2.05, 4.69) is 4.90 Å². The standard InChI is InChI=1S/C17H23NO3/c1-18-13-7-8-17(18,10-14(20)9-13)16(21)15(11-19)12-5-3-2-4-6-12/h2-6,13-15,19-20H,7-11H2,1H3/t13-,14-,15?,17+/m0/s1. The van der Waals surface area contributed by atoms with Crippen molar-refractivity contribution in [3.8, 4) is 0 Å². The highest BCUT2D eigenvalue weighted by Crippen LogP contribution is 2.45. The lowest BCUT2D eigenvalue weighted by atomic mass is 9.76. The minimum Gasteiger partial charge on any atom is -0.395 e. The van der Waals surface area contributed by atoms with Gasteiger partial charge in [-0.15, -0.1) is 0 Å². The normalized spacial score (nSPS) is 33.9. The molecule has 2 bridgehead atoms. The summed E-state index contributed by atoms with van der Waals surface area (Å²) in [7, 11) is 1.99. The Bertz CT molecular complexity index is 518. The fourth-order valence-electron chi connectivity index (χ4n) is 4.18. The Labute approximate surface area is 125 Å². The monoisotopic (exact) mass is 289 g/mol. The van der Waals surface area contributed by atoms with E-state index in [9.17, 15) is 15.0 Å². The number of rotatable bonds is 4. The number of aliphatic hydroxyl groups excluding tert-OH is 2. The van der Waals surface area contributed by atoms with Crippen molar-refractivity contribution in [1.29, 1.82) is 0 Å². The van der Waals surface area contributed by atoms with Gasteiger partial charge >= 0.3 is 0 Å². The number of benzene rings is 1. The first-order chi connectivity index (χ1) is 10.1. The van der Waals surface area contributed by atoms with Crippen LogP contribution in [0.15, 0.2) is 30.3 Å². The minimum atomic E-state index is -0.606. The quantitative estimate of drug-likeness (QED) is 0.877. The molecule has 21 heavy (non-hydrogen) atoms. The fourth-order valence-corrected chi connectivity index (χ4v) is 4.18. The molecule has 2 aliphatic heterocycles. The summed E-state index contributed by atoms with van der Waals surface area (Å²) in [4.78, 5) is 15.3. The number of hydrogen-bond donors (Lipinski definition) is 2. The van der Waals surface area contributed by atoms with Crippen LogP contribution < -0.4 is 0 Å². The van der Waals surface area contributed by atoms with Gasteiger partial charge in [0.15, 0.2) is 5.78 Å². The van der Waals surface area contributed by atoms with Gasteiger partial charge in [-0.05, 0) is 38.3 Å². The predicted molar refractivity (Wildman–Crippen MR) is 80.0 cm³/mol. The third-order valence-corrected chi connectivity index (χ3v) is 5.39. The van der Waals surface area contributed by atoms with Crippen molar-refractivity contribution in [1.82, 2.24) is 4.90 Å². The molecule has 2 saturated heterocycles. The molecule has 1 aromatic carbocycles. The van der Waals surface area contributed by atoms with Crippen LogP contribution in [-0.2, 0) is 4.79 Å². The Hall–Kier alpha value is -1.23. The van der Waals surface area contributed by atoms with Crippen LogP contribution in [0.4, 0.5) is 0 Å². The number of fused-ring (bicyclic) bond motifs is 2. The van der Waals surface area contributed by atoms with Gasteiger partial charge < -0.3 is 10.2 Å². The zero-order valence-corrected chi connectivity index (χ0v) is 12.4. The summed E-state index contributed by atoms with van der Waals surface area (Å²) in [5.74, 6) is -0.447. The van der Waals surface area contributed by atoms with Gasteiger partial charge in [-0.3, -0.25) is 9.69 Å². The predicted octanol–water partition coefficient (Wildman–Crippen LogP) is 1.32. The number of nitrogens with zero attached hydrogens (tertiary/aromatic N) is 1. The van der Waals surface area contributed by atoms with Crippen LogP contribution in [0.2, 0.25) is 0 Å². The van der Waals surface area contributed by atoms with Gasteiger partial charge in [0.25, 0.3) is 0 Å². The van der Waals surface area contributed by atoms with Crippen molar-refractivity contribution in [2.75, 3.05) is 13.7 Å². The second-order valence-corrected chi connectivity index (χ2v) is 6.44. The zero-order chi connectivity index (χ0) is 15.0. The molecule has 0 amide bonds. The minimum absolute atomic E-state index is 0.0555. The molecule has 0 radical (unpaired) electrons. The first-order valence-corrected chi connectivity index (χ1v) is 7.69. The van der Waals surface area contributed by atoms with E-state index in [1.54, 1.807) is 0 Å². The molecule has 2 fully saturated rings. The van der Waals surface area contributed by atoms with Crippen LogP contribution in [0.5, 0.6) is 0 Å². The van der Waals surface area contributed by atoms with Crippen molar-refractivity contribution >= 4 is 5.78 Å². The Morgan fingerprint density at radius 2 is 2.14 bits per heavy atom.